The minimum atomic E-state index is -4.79. The Kier molecular flexibility index (Phi) is 7.23. The van der Waals surface area contributed by atoms with E-state index in [1.807, 2.05) is 24.3 Å². The number of nitrogens with zero attached hydrogens (tertiary/aromatic N) is 2. The van der Waals surface area contributed by atoms with Gasteiger partial charge in [0.1, 0.15) is 5.82 Å². The molecule has 0 aliphatic carbocycles. The number of halogens is 5. The molecule has 0 atom stereocenters. The minimum absolute atomic E-state index is 0.238. The Labute approximate surface area is 207 Å². The predicted octanol–water partition coefficient (Wildman–Crippen LogP) is 7.46. The highest BCUT2D eigenvalue weighted by atomic mass is 79.9. The van der Waals surface area contributed by atoms with Crippen LogP contribution in [0.4, 0.5) is 17.6 Å². The van der Waals surface area contributed by atoms with E-state index in [1.54, 1.807) is 16.2 Å². The fraction of sp³-hybridized carbons (Fsp3) is 0.280. The lowest BCUT2D eigenvalue weighted by Crippen LogP contribution is -2.36. The first-order valence-electron chi connectivity index (χ1n) is 10.7. The van der Waals surface area contributed by atoms with Crippen LogP contribution in [-0.2, 0) is 11.0 Å². The molecule has 4 rings (SSSR count). The number of hydrogen-bond acceptors (Lipinski definition) is 3. The maximum atomic E-state index is 14.2. The Balaban J connectivity index is 1.39. The van der Waals surface area contributed by atoms with Crippen molar-refractivity contribution in [2.24, 2.45) is 0 Å². The number of aryl methyl sites for hydroxylation is 1. The molecule has 3 nitrogen and oxygen atoms in total. The number of alkyl halides is 3. The molecule has 1 aliphatic rings. The lowest BCUT2D eigenvalue weighted by Gasteiger charge is -2.30. The molecule has 0 saturated carbocycles. The summed E-state index contributed by atoms with van der Waals surface area (Å²) in [6, 6.07) is 11.0. The second kappa shape index (κ2) is 10.00. The second-order valence-electron chi connectivity index (χ2n) is 8.10. The standard InChI is InChI=1S/C25H21BrF4N2OS/c1-15-23(17-5-8-19(26)9-6-17)31-24(34-15)18-11-13-32(14-12-18)21(33)10-7-16-3-2-4-20(22(16)27)25(28,29)30/h2-10,18H,11-14H2,1H3/b10-7+. The van der Waals surface area contributed by atoms with Crippen molar-refractivity contribution in [2.75, 3.05) is 13.1 Å². The molecule has 2 aromatic carbocycles. The quantitative estimate of drug-likeness (QED) is 0.248. The van der Waals surface area contributed by atoms with Gasteiger partial charge in [0, 0.05) is 45.6 Å². The van der Waals surface area contributed by atoms with E-state index in [9.17, 15) is 22.4 Å². The van der Waals surface area contributed by atoms with Gasteiger partial charge in [0.15, 0.2) is 0 Å². The van der Waals surface area contributed by atoms with Crippen LogP contribution < -0.4 is 0 Å². The molecule has 1 aliphatic heterocycles. The Hall–Kier alpha value is -2.52. The van der Waals surface area contributed by atoms with Crippen molar-refractivity contribution in [1.29, 1.82) is 0 Å². The van der Waals surface area contributed by atoms with Gasteiger partial charge in [-0.15, -0.1) is 11.3 Å². The number of likely N-dealkylation sites (tertiary alicyclic amines) is 1. The number of hydrogen-bond donors (Lipinski definition) is 0. The molecule has 34 heavy (non-hydrogen) atoms. The van der Waals surface area contributed by atoms with Gasteiger partial charge in [-0.05, 0) is 44.0 Å². The van der Waals surface area contributed by atoms with Gasteiger partial charge >= 0.3 is 6.18 Å². The molecular weight excluding hydrogens is 532 g/mol. The fourth-order valence-electron chi connectivity index (χ4n) is 3.98. The number of carbonyl (C=O) groups is 1. The summed E-state index contributed by atoms with van der Waals surface area (Å²) in [6.07, 6.45) is -1.06. The number of rotatable bonds is 4. The topological polar surface area (TPSA) is 33.2 Å². The van der Waals surface area contributed by atoms with Gasteiger partial charge in [-0.25, -0.2) is 9.37 Å². The van der Waals surface area contributed by atoms with Gasteiger partial charge in [0.2, 0.25) is 5.91 Å². The van der Waals surface area contributed by atoms with Crippen molar-refractivity contribution in [3.05, 3.63) is 79.8 Å². The fourth-order valence-corrected chi connectivity index (χ4v) is 5.36. The molecule has 0 unspecified atom stereocenters. The van der Waals surface area contributed by atoms with Crippen molar-refractivity contribution in [2.45, 2.75) is 31.9 Å². The molecule has 0 spiro atoms. The third kappa shape index (κ3) is 5.41. The van der Waals surface area contributed by atoms with Crippen LogP contribution >= 0.6 is 27.3 Å². The number of aromatic nitrogens is 1. The molecule has 9 heteroatoms. The Morgan fingerprint density at radius 1 is 1.15 bits per heavy atom. The van der Waals surface area contributed by atoms with E-state index >= 15 is 0 Å². The van der Waals surface area contributed by atoms with Crippen molar-refractivity contribution in [3.63, 3.8) is 0 Å². The predicted molar refractivity (Wildman–Crippen MR) is 129 cm³/mol. The van der Waals surface area contributed by atoms with Crippen LogP contribution in [0.5, 0.6) is 0 Å². The van der Waals surface area contributed by atoms with Crippen molar-refractivity contribution < 1.29 is 22.4 Å². The van der Waals surface area contributed by atoms with Gasteiger partial charge < -0.3 is 4.90 Å². The van der Waals surface area contributed by atoms with Gasteiger partial charge in [-0.3, -0.25) is 4.79 Å². The van der Waals surface area contributed by atoms with Crippen molar-refractivity contribution in [1.82, 2.24) is 9.88 Å². The van der Waals surface area contributed by atoms with E-state index in [0.717, 1.165) is 56.7 Å². The molecule has 1 aromatic heterocycles. The zero-order valence-electron chi connectivity index (χ0n) is 18.2. The molecular formula is C25H21BrF4N2OS. The van der Waals surface area contributed by atoms with E-state index in [0.29, 0.717) is 19.2 Å². The number of piperidine rings is 1. The van der Waals surface area contributed by atoms with Crippen LogP contribution in [0.3, 0.4) is 0 Å². The molecule has 2 heterocycles. The first-order valence-corrected chi connectivity index (χ1v) is 12.3. The third-order valence-electron chi connectivity index (χ3n) is 5.83. The molecule has 1 saturated heterocycles. The number of benzene rings is 2. The van der Waals surface area contributed by atoms with E-state index in [1.165, 1.54) is 6.07 Å². The molecule has 0 bridgehead atoms. The number of thiazole rings is 1. The maximum Gasteiger partial charge on any atom is 0.419 e. The average Bonchev–Trinajstić information content (AvgIpc) is 3.19. The zero-order valence-corrected chi connectivity index (χ0v) is 20.6. The zero-order chi connectivity index (χ0) is 24.5. The average molecular weight is 553 g/mol. The van der Waals surface area contributed by atoms with Crippen LogP contribution in [0.25, 0.3) is 17.3 Å². The smallest absolute Gasteiger partial charge is 0.339 e. The van der Waals surface area contributed by atoms with Crippen molar-refractivity contribution in [3.8, 4) is 11.3 Å². The minimum Gasteiger partial charge on any atom is -0.339 e. The summed E-state index contributed by atoms with van der Waals surface area (Å²) in [5.74, 6) is -1.48. The van der Waals surface area contributed by atoms with Gasteiger partial charge in [0.25, 0.3) is 0 Å². The molecule has 178 valence electrons. The molecule has 0 N–H and O–H groups in total. The van der Waals surface area contributed by atoms with Crippen LogP contribution in [0.15, 0.2) is 53.0 Å². The summed E-state index contributed by atoms with van der Waals surface area (Å²) >= 11 is 5.11. The Bertz CT molecular complexity index is 1210. The number of amides is 1. The van der Waals surface area contributed by atoms with Gasteiger partial charge in [-0.1, -0.05) is 40.2 Å². The monoisotopic (exact) mass is 552 g/mol. The summed E-state index contributed by atoms with van der Waals surface area (Å²) in [5, 5.41) is 1.05. The lowest BCUT2D eigenvalue weighted by atomic mass is 9.97. The molecule has 1 fully saturated rings. The Morgan fingerprint density at radius 3 is 2.47 bits per heavy atom. The molecule has 0 radical (unpaired) electrons. The van der Waals surface area contributed by atoms with Crippen LogP contribution in [-0.4, -0.2) is 28.9 Å². The van der Waals surface area contributed by atoms with Crippen LogP contribution in [0.2, 0.25) is 0 Å². The van der Waals surface area contributed by atoms with E-state index in [2.05, 4.69) is 22.9 Å². The largest absolute Gasteiger partial charge is 0.419 e. The highest BCUT2D eigenvalue weighted by molar-refractivity contribution is 9.10. The first kappa shape index (κ1) is 24.6. The summed E-state index contributed by atoms with van der Waals surface area (Å²) in [5.41, 5.74) is 0.417. The van der Waals surface area contributed by atoms with Gasteiger partial charge in [-0.2, -0.15) is 13.2 Å². The van der Waals surface area contributed by atoms with Crippen molar-refractivity contribution >= 4 is 39.2 Å². The first-order chi connectivity index (χ1) is 16.1. The van der Waals surface area contributed by atoms with E-state index in [4.69, 9.17) is 4.98 Å². The summed E-state index contributed by atoms with van der Waals surface area (Å²) in [6.45, 7) is 3.06. The molecule has 1 amide bonds. The third-order valence-corrected chi connectivity index (χ3v) is 7.49. The second-order valence-corrected chi connectivity index (χ2v) is 10.3. The lowest BCUT2D eigenvalue weighted by molar-refractivity contribution is -0.140. The highest BCUT2D eigenvalue weighted by Gasteiger charge is 2.34. The van der Waals surface area contributed by atoms with Crippen LogP contribution in [0, 0.1) is 12.7 Å². The summed E-state index contributed by atoms with van der Waals surface area (Å²) < 4.78 is 53.8. The SMILES string of the molecule is Cc1sc(C2CCN(C(=O)/C=C/c3cccc(C(F)(F)F)c3F)CC2)nc1-c1ccc(Br)cc1. The number of carbonyl (C=O) groups excluding carboxylic acids is 1. The molecule has 3 aromatic rings. The highest BCUT2D eigenvalue weighted by Crippen LogP contribution is 2.36. The summed E-state index contributed by atoms with van der Waals surface area (Å²) in [4.78, 5) is 20.2. The summed E-state index contributed by atoms with van der Waals surface area (Å²) in [7, 11) is 0. The van der Waals surface area contributed by atoms with Crippen LogP contribution in [0.1, 0.15) is 39.8 Å². The van der Waals surface area contributed by atoms with E-state index < -0.39 is 17.6 Å². The Morgan fingerprint density at radius 2 is 1.82 bits per heavy atom. The normalized spacial score (nSPS) is 15.3. The van der Waals surface area contributed by atoms with E-state index in [-0.39, 0.29) is 17.4 Å². The maximum absolute atomic E-state index is 14.2. The van der Waals surface area contributed by atoms with Gasteiger partial charge in [0.05, 0.1) is 16.3 Å².